The van der Waals surface area contributed by atoms with Gasteiger partial charge >= 0.3 is 0 Å². The Morgan fingerprint density at radius 1 is 1.24 bits per heavy atom. The normalized spacial score (nSPS) is 13.5. The highest BCUT2D eigenvalue weighted by molar-refractivity contribution is 7.93. The smallest absolute Gasteiger partial charge is 0.220 e. The van der Waals surface area contributed by atoms with E-state index in [0.29, 0.717) is 6.54 Å². The van der Waals surface area contributed by atoms with Crippen molar-refractivity contribution >= 4 is 27.2 Å². The van der Waals surface area contributed by atoms with Gasteiger partial charge in [0.2, 0.25) is 10.0 Å². The maximum atomic E-state index is 11.6. The van der Waals surface area contributed by atoms with Crippen molar-refractivity contribution < 1.29 is 8.42 Å². The van der Waals surface area contributed by atoms with E-state index in [1.54, 1.807) is 0 Å². The van der Waals surface area contributed by atoms with Crippen molar-refractivity contribution in [2.45, 2.75) is 57.6 Å². The summed E-state index contributed by atoms with van der Waals surface area (Å²) in [5, 5.41) is -0.794. The Labute approximate surface area is 110 Å². The molecule has 0 aliphatic carbocycles. The first-order chi connectivity index (χ1) is 7.91. The third-order valence-corrected chi connectivity index (χ3v) is 4.99. The monoisotopic (exact) mass is 280 g/mol. The van der Waals surface area contributed by atoms with Gasteiger partial charge in [0.25, 0.3) is 0 Å². The molecule has 17 heavy (non-hydrogen) atoms. The van der Waals surface area contributed by atoms with Crippen LogP contribution in [-0.2, 0) is 10.0 Å². The number of hydrogen-bond acceptors (Lipinski definition) is 3. The fraction of sp³-hybridized carbons (Fsp3) is 0.909. The molecule has 0 amide bonds. The van der Waals surface area contributed by atoms with E-state index in [1.807, 2.05) is 0 Å². The summed E-state index contributed by atoms with van der Waals surface area (Å²) >= 11 is 4.67. The van der Waals surface area contributed by atoms with E-state index in [9.17, 15) is 8.42 Å². The molecule has 1 atom stereocenters. The molecule has 0 saturated carbocycles. The molecule has 0 rings (SSSR count). The van der Waals surface area contributed by atoms with Gasteiger partial charge in [0, 0.05) is 6.54 Å². The van der Waals surface area contributed by atoms with Gasteiger partial charge in [-0.25, -0.2) is 13.1 Å². The van der Waals surface area contributed by atoms with Crippen LogP contribution in [0, 0.1) is 0 Å². The Kier molecular flexibility index (Phi) is 8.72. The van der Waals surface area contributed by atoms with E-state index in [2.05, 4.69) is 23.9 Å². The molecule has 0 aromatic carbocycles. The van der Waals surface area contributed by atoms with Crippen LogP contribution in [0.4, 0.5) is 0 Å². The minimum atomic E-state index is -3.37. The second-order valence-electron chi connectivity index (χ2n) is 4.25. The van der Waals surface area contributed by atoms with Crippen LogP contribution in [-0.4, -0.2) is 25.2 Å². The molecule has 0 spiro atoms. The van der Waals surface area contributed by atoms with Crippen LogP contribution in [0.5, 0.6) is 0 Å². The zero-order valence-electron chi connectivity index (χ0n) is 10.7. The average Bonchev–Trinajstić information content (AvgIpc) is 2.26. The molecule has 0 aromatic rings. The van der Waals surface area contributed by atoms with E-state index in [4.69, 9.17) is 5.73 Å². The number of nitrogens with one attached hydrogen (secondary N) is 1. The van der Waals surface area contributed by atoms with Crippen LogP contribution >= 0.6 is 12.2 Å². The quantitative estimate of drug-likeness (QED) is 0.474. The number of hydrogen-bond donors (Lipinski definition) is 2. The van der Waals surface area contributed by atoms with Gasteiger partial charge in [0.05, 0.1) is 4.99 Å². The molecule has 6 heteroatoms. The zero-order chi connectivity index (χ0) is 13.3. The lowest BCUT2D eigenvalue weighted by molar-refractivity contribution is 0.565. The minimum Gasteiger partial charge on any atom is -0.392 e. The summed E-state index contributed by atoms with van der Waals surface area (Å²) in [6.45, 7) is 4.15. The molecule has 0 saturated heterocycles. The molecule has 0 aliphatic rings. The summed E-state index contributed by atoms with van der Waals surface area (Å²) in [5.74, 6) is 0. The van der Waals surface area contributed by atoms with Gasteiger partial charge in [-0.15, -0.1) is 0 Å². The molecule has 0 aliphatic heterocycles. The highest BCUT2D eigenvalue weighted by atomic mass is 32.2. The number of thiocarbonyl (C=S) groups is 1. The molecule has 0 bridgehead atoms. The Bertz CT molecular complexity index is 315. The molecule has 0 aromatic heterocycles. The Morgan fingerprint density at radius 2 is 1.76 bits per heavy atom. The maximum absolute atomic E-state index is 11.6. The third-order valence-electron chi connectivity index (χ3n) is 2.70. The van der Waals surface area contributed by atoms with Crippen LogP contribution < -0.4 is 10.5 Å². The lowest BCUT2D eigenvalue weighted by atomic mass is 10.1. The van der Waals surface area contributed by atoms with Crippen molar-refractivity contribution in [3.8, 4) is 0 Å². The molecule has 1 unspecified atom stereocenters. The van der Waals surface area contributed by atoms with Crippen LogP contribution in [0.3, 0.4) is 0 Å². The van der Waals surface area contributed by atoms with Gasteiger partial charge in [-0.1, -0.05) is 51.2 Å². The lowest BCUT2D eigenvalue weighted by Crippen LogP contribution is -2.40. The second-order valence-corrected chi connectivity index (χ2v) is 6.81. The van der Waals surface area contributed by atoms with Crippen LogP contribution in [0.1, 0.15) is 52.4 Å². The van der Waals surface area contributed by atoms with Crippen molar-refractivity contribution in [1.29, 1.82) is 0 Å². The van der Waals surface area contributed by atoms with Gasteiger partial charge in [-0.2, -0.15) is 0 Å². The summed E-state index contributed by atoms with van der Waals surface area (Å²) in [6.07, 6.45) is 6.80. The highest BCUT2D eigenvalue weighted by Gasteiger charge is 2.22. The number of nitrogens with two attached hydrogens (primary N) is 1. The highest BCUT2D eigenvalue weighted by Crippen LogP contribution is 2.05. The lowest BCUT2D eigenvalue weighted by Gasteiger charge is -2.12. The number of rotatable bonds is 10. The molecule has 3 N–H and O–H groups in total. The van der Waals surface area contributed by atoms with Gasteiger partial charge in [-0.05, 0) is 13.3 Å². The van der Waals surface area contributed by atoms with Gasteiger partial charge in [0.15, 0.2) is 0 Å². The third kappa shape index (κ3) is 7.68. The average molecular weight is 280 g/mol. The largest absolute Gasteiger partial charge is 0.392 e. The molecular weight excluding hydrogens is 256 g/mol. The first-order valence-electron chi connectivity index (χ1n) is 6.19. The molecular formula is C11H24N2O2S2. The summed E-state index contributed by atoms with van der Waals surface area (Å²) < 4.78 is 25.8. The van der Waals surface area contributed by atoms with Crippen LogP contribution in [0.15, 0.2) is 0 Å². The van der Waals surface area contributed by atoms with Gasteiger partial charge in [0.1, 0.15) is 5.25 Å². The molecule has 0 heterocycles. The fourth-order valence-electron chi connectivity index (χ4n) is 1.40. The standard InChI is InChI=1S/C11H24N2O2S2/c1-3-4-5-6-7-8-9-13-17(14,15)10(2)11(12)16/h10,13H,3-9H2,1-2H3,(H2,12,16). The SMILES string of the molecule is CCCCCCCCNS(=O)(=O)C(C)C(N)=S. The topological polar surface area (TPSA) is 72.2 Å². The summed E-state index contributed by atoms with van der Waals surface area (Å²) in [4.78, 5) is 0.0143. The zero-order valence-corrected chi connectivity index (χ0v) is 12.4. The predicted molar refractivity (Wildman–Crippen MR) is 76.5 cm³/mol. The Hall–Kier alpha value is -0.200. The Morgan fingerprint density at radius 3 is 2.29 bits per heavy atom. The molecule has 102 valence electrons. The van der Waals surface area contributed by atoms with Crippen molar-refractivity contribution in [2.75, 3.05) is 6.54 Å². The maximum Gasteiger partial charge on any atom is 0.220 e. The first kappa shape index (κ1) is 16.8. The fourth-order valence-corrected chi connectivity index (χ4v) is 2.76. The molecule has 0 fully saturated rings. The minimum absolute atomic E-state index is 0.0143. The van der Waals surface area contributed by atoms with Crippen LogP contribution in [0.25, 0.3) is 0 Å². The molecule has 0 radical (unpaired) electrons. The van der Waals surface area contributed by atoms with E-state index in [1.165, 1.54) is 32.6 Å². The Balaban J connectivity index is 3.70. The van der Waals surface area contributed by atoms with Crippen molar-refractivity contribution in [3.63, 3.8) is 0 Å². The van der Waals surface area contributed by atoms with Crippen LogP contribution in [0.2, 0.25) is 0 Å². The van der Waals surface area contributed by atoms with E-state index in [0.717, 1.165) is 12.8 Å². The summed E-state index contributed by atoms with van der Waals surface area (Å²) in [7, 11) is -3.37. The number of sulfonamides is 1. The van der Waals surface area contributed by atoms with Crippen molar-refractivity contribution in [2.24, 2.45) is 5.73 Å². The second kappa shape index (κ2) is 8.83. The van der Waals surface area contributed by atoms with E-state index in [-0.39, 0.29) is 4.99 Å². The van der Waals surface area contributed by atoms with E-state index >= 15 is 0 Å². The summed E-state index contributed by atoms with van der Waals surface area (Å²) in [6, 6.07) is 0. The molecule has 4 nitrogen and oxygen atoms in total. The first-order valence-corrected chi connectivity index (χ1v) is 8.15. The predicted octanol–water partition coefficient (Wildman–Crippen LogP) is 1.94. The summed E-state index contributed by atoms with van der Waals surface area (Å²) in [5.41, 5.74) is 5.32. The van der Waals surface area contributed by atoms with Gasteiger partial charge in [-0.3, -0.25) is 0 Å². The van der Waals surface area contributed by atoms with Gasteiger partial charge < -0.3 is 5.73 Å². The van der Waals surface area contributed by atoms with Crippen molar-refractivity contribution in [3.05, 3.63) is 0 Å². The van der Waals surface area contributed by atoms with Crippen molar-refractivity contribution in [1.82, 2.24) is 4.72 Å². The van der Waals surface area contributed by atoms with E-state index < -0.39 is 15.3 Å². The number of unbranched alkanes of at least 4 members (excludes halogenated alkanes) is 5.